The van der Waals surface area contributed by atoms with E-state index in [4.69, 9.17) is 11.7 Å². The van der Waals surface area contributed by atoms with Crippen LogP contribution in [0.5, 0.6) is 0 Å². The Hall–Kier alpha value is -2.48. The Morgan fingerprint density at radius 1 is 0.769 bits per heavy atom. The summed E-state index contributed by atoms with van der Waals surface area (Å²) >= 11 is 0. The normalized spacial score (nSPS) is 13.1. The Kier molecular flexibility index (Phi) is 5.65. The number of rotatable bonds is 6. The average molecular weight is 400 g/mol. The van der Waals surface area contributed by atoms with Crippen molar-refractivity contribution < 1.29 is 25.9 Å². The van der Waals surface area contributed by atoms with Crippen LogP contribution < -0.4 is 22.5 Å². The molecule has 0 saturated carbocycles. The van der Waals surface area contributed by atoms with Gasteiger partial charge < -0.3 is 10.9 Å². The summed E-state index contributed by atoms with van der Waals surface area (Å²) < 4.78 is 65.6. The highest BCUT2D eigenvalue weighted by atomic mass is 32.2. The van der Waals surface area contributed by atoms with Crippen molar-refractivity contribution in [3.05, 3.63) is 59.7 Å². The Bertz CT molecular complexity index is 1050. The van der Waals surface area contributed by atoms with Crippen LogP contribution in [0.4, 0.5) is 0 Å². The fourth-order valence-corrected chi connectivity index (χ4v) is 4.37. The van der Waals surface area contributed by atoms with E-state index in [0.29, 0.717) is 5.56 Å². The lowest BCUT2D eigenvalue weighted by Crippen LogP contribution is -2.29. The predicted molar refractivity (Wildman–Crippen MR) is 94.0 cm³/mol. The van der Waals surface area contributed by atoms with Crippen LogP contribution in [0.2, 0.25) is 0 Å². The summed E-state index contributed by atoms with van der Waals surface area (Å²) in [7, 11) is -10.0. The number of hydrogen-bond donors (Lipinski definition) is 6. The van der Waals surface area contributed by atoms with Crippen molar-refractivity contribution in [2.75, 3.05) is 0 Å². The SMILES string of the molecule is NNC(=C(NN)c1cccc(S(=O)(=O)O)c1S(=O)(=O)O)c1ccccc1. The monoisotopic (exact) mass is 400 g/mol. The molecule has 0 heterocycles. The molecule has 0 aliphatic carbocycles. The zero-order valence-corrected chi connectivity index (χ0v) is 14.8. The van der Waals surface area contributed by atoms with Gasteiger partial charge in [0.25, 0.3) is 20.2 Å². The van der Waals surface area contributed by atoms with Crippen LogP contribution in [-0.2, 0) is 20.2 Å². The molecule has 0 aliphatic rings. The molecule has 0 aliphatic heterocycles. The first-order chi connectivity index (χ1) is 12.1. The Morgan fingerprint density at radius 3 is 1.81 bits per heavy atom. The molecule has 0 bridgehead atoms. The first-order valence-electron chi connectivity index (χ1n) is 6.92. The van der Waals surface area contributed by atoms with Crippen LogP contribution in [0.25, 0.3) is 11.4 Å². The van der Waals surface area contributed by atoms with Crippen LogP contribution in [0.15, 0.2) is 58.3 Å². The summed E-state index contributed by atoms with van der Waals surface area (Å²) in [4.78, 5) is -2.05. The fraction of sp³-hybridized carbons (Fsp3) is 0. The molecule has 140 valence electrons. The van der Waals surface area contributed by atoms with Crippen LogP contribution in [-0.4, -0.2) is 25.9 Å². The molecule has 0 unspecified atom stereocenters. The summed E-state index contributed by atoms with van der Waals surface area (Å²) in [5.41, 5.74) is 4.76. The maximum atomic E-state index is 11.8. The highest BCUT2D eigenvalue weighted by Gasteiger charge is 2.29. The van der Waals surface area contributed by atoms with Gasteiger partial charge in [-0.15, -0.1) is 0 Å². The summed E-state index contributed by atoms with van der Waals surface area (Å²) in [6.07, 6.45) is 0. The Morgan fingerprint density at radius 2 is 1.35 bits per heavy atom. The number of hydrazine groups is 2. The van der Waals surface area contributed by atoms with Crippen LogP contribution in [0.3, 0.4) is 0 Å². The number of benzene rings is 2. The number of hydrogen-bond acceptors (Lipinski definition) is 8. The van der Waals surface area contributed by atoms with Crippen molar-refractivity contribution in [2.24, 2.45) is 11.7 Å². The molecule has 10 nitrogen and oxygen atoms in total. The zero-order chi connectivity index (χ0) is 19.5. The molecule has 26 heavy (non-hydrogen) atoms. The summed E-state index contributed by atoms with van der Waals surface area (Å²) in [6, 6.07) is 11.5. The molecule has 12 heteroatoms. The molecule has 2 rings (SSSR count). The van der Waals surface area contributed by atoms with Gasteiger partial charge in [-0.25, -0.2) is 0 Å². The van der Waals surface area contributed by atoms with Crippen molar-refractivity contribution in [3.8, 4) is 0 Å². The molecule has 2 aromatic carbocycles. The van der Waals surface area contributed by atoms with Gasteiger partial charge in [-0.2, -0.15) is 16.8 Å². The average Bonchev–Trinajstić information content (AvgIpc) is 2.58. The van der Waals surface area contributed by atoms with E-state index in [1.807, 2.05) is 0 Å². The van der Waals surface area contributed by atoms with E-state index in [1.54, 1.807) is 30.3 Å². The minimum absolute atomic E-state index is 0.116. The zero-order valence-electron chi connectivity index (χ0n) is 13.1. The van der Waals surface area contributed by atoms with Gasteiger partial charge in [0.2, 0.25) is 0 Å². The van der Waals surface area contributed by atoms with Gasteiger partial charge in [0.05, 0.1) is 11.4 Å². The van der Waals surface area contributed by atoms with Crippen LogP contribution >= 0.6 is 0 Å². The van der Waals surface area contributed by atoms with Crippen molar-refractivity contribution in [1.29, 1.82) is 0 Å². The Labute approximate surface area is 150 Å². The molecule has 8 N–H and O–H groups in total. The second-order valence-electron chi connectivity index (χ2n) is 4.99. The second kappa shape index (κ2) is 7.41. The van der Waals surface area contributed by atoms with Crippen molar-refractivity contribution in [3.63, 3.8) is 0 Å². The molecule has 0 aromatic heterocycles. The standard InChI is InChI=1S/C14H16N4O6S2/c15-17-12(9-5-2-1-3-6-9)13(18-16)10-7-4-8-11(25(19,20)21)14(10)26(22,23)24/h1-8,17-18H,15-16H2,(H,19,20,21)(H,22,23,24). The quantitative estimate of drug-likeness (QED) is 0.166. The maximum absolute atomic E-state index is 11.8. The molecule has 0 amide bonds. The van der Waals surface area contributed by atoms with E-state index in [0.717, 1.165) is 6.07 Å². The van der Waals surface area contributed by atoms with E-state index >= 15 is 0 Å². The lowest BCUT2D eigenvalue weighted by atomic mass is 10.1. The minimum atomic E-state index is -5.06. The molecule has 0 radical (unpaired) electrons. The largest absolute Gasteiger partial charge is 0.322 e. The van der Waals surface area contributed by atoms with Crippen LogP contribution in [0, 0.1) is 0 Å². The van der Waals surface area contributed by atoms with E-state index in [9.17, 15) is 25.9 Å². The topological polar surface area (TPSA) is 185 Å². The van der Waals surface area contributed by atoms with Crippen molar-refractivity contribution in [1.82, 2.24) is 10.9 Å². The first kappa shape index (κ1) is 19.8. The second-order valence-corrected chi connectivity index (χ2v) is 7.74. The molecule has 0 atom stereocenters. The van der Waals surface area contributed by atoms with Gasteiger partial charge in [-0.3, -0.25) is 20.8 Å². The molecule has 0 saturated heterocycles. The van der Waals surface area contributed by atoms with Crippen molar-refractivity contribution in [2.45, 2.75) is 9.79 Å². The third kappa shape index (κ3) is 4.01. The first-order valence-corrected chi connectivity index (χ1v) is 9.80. The number of nitrogens with two attached hydrogens (primary N) is 2. The summed E-state index contributed by atoms with van der Waals surface area (Å²) in [6.45, 7) is 0. The molecule has 2 aromatic rings. The molecule has 0 spiro atoms. The van der Waals surface area contributed by atoms with Gasteiger partial charge in [-0.1, -0.05) is 42.5 Å². The highest BCUT2D eigenvalue weighted by Crippen LogP contribution is 2.31. The van der Waals surface area contributed by atoms with Gasteiger partial charge in [0.15, 0.2) is 0 Å². The minimum Gasteiger partial charge on any atom is -0.322 e. The third-order valence-corrected chi connectivity index (χ3v) is 5.37. The Balaban J connectivity index is 2.96. The highest BCUT2D eigenvalue weighted by molar-refractivity contribution is 7.89. The van der Waals surface area contributed by atoms with Crippen molar-refractivity contribution >= 4 is 31.6 Å². The van der Waals surface area contributed by atoms with E-state index in [1.165, 1.54) is 12.1 Å². The van der Waals surface area contributed by atoms with E-state index < -0.39 is 30.0 Å². The van der Waals surface area contributed by atoms with E-state index in [2.05, 4.69) is 10.9 Å². The predicted octanol–water partition coefficient (Wildman–Crippen LogP) is -0.0676. The summed E-state index contributed by atoms with van der Waals surface area (Å²) in [5, 5.41) is 0. The lowest BCUT2D eigenvalue weighted by molar-refractivity contribution is 0.466. The van der Waals surface area contributed by atoms with Gasteiger partial charge in [0.1, 0.15) is 9.79 Å². The third-order valence-electron chi connectivity index (χ3n) is 3.39. The van der Waals surface area contributed by atoms with Gasteiger partial charge >= 0.3 is 0 Å². The maximum Gasteiger partial charge on any atom is 0.296 e. The lowest BCUT2D eigenvalue weighted by Gasteiger charge is -2.18. The fourth-order valence-electron chi connectivity index (χ4n) is 2.37. The molecule has 0 fully saturated rings. The molecular formula is C14H16N4O6S2. The number of nitrogens with one attached hydrogen (secondary N) is 2. The summed E-state index contributed by atoms with van der Waals surface area (Å²) in [5.74, 6) is 11.0. The van der Waals surface area contributed by atoms with Gasteiger partial charge in [-0.05, 0) is 6.07 Å². The molecular weight excluding hydrogens is 384 g/mol. The van der Waals surface area contributed by atoms with Gasteiger partial charge in [0, 0.05) is 11.1 Å². The van der Waals surface area contributed by atoms with E-state index in [-0.39, 0.29) is 17.0 Å². The van der Waals surface area contributed by atoms with Crippen LogP contribution in [0.1, 0.15) is 11.1 Å². The smallest absolute Gasteiger partial charge is 0.296 e.